The Kier molecular flexibility index (Phi) is 8.28. The second-order valence-corrected chi connectivity index (χ2v) is 13.1. The van der Waals surface area contributed by atoms with Crippen molar-refractivity contribution in [1.82, 2.24) is 30.2 Å². The van der Waals surface area contributed by atoms with Crippen LogP contribution in [-0.4, -0.2) is 71.7 Å². The number of pyridine rings is 1. The number of amides is 1. The minimum absolute atomic E-state index is 0.264. The van der Waals surface area contributed by atoms with Gasteiger partial charge in [-0.1, -0.05) is 13.8 Å². The van der Waals surface area contributed by atoms with E-state index in [0.29, 0.717) is 53.8 Å². The number of thiazole rings is 1. The molecule has 204 valence electrons. The zero-order valence-corrected chi connectivity index (χ0v) is 23.8. The van der Waals surface area contributed by atoms with Gasteiger partial charge in [0, 0.05) is 24.4 Å². The third-order valence-corrected chi connectivity index (χ3v) is 8.83. The van der Waals surface area contributed by atoms with Crippen LogP contribution in [0.5, 0.6) is 5.88 Å². The summed E-state index contributed by atoms with van der Waals surface area (Å²) >= 11 is 1.20. The van der Waals surface area contributed by atoms with E-state index in [1.807, 2.05) is 39.8 Å². The molecule has 0 unspecified atom stereocenters. The van der Waals surface area contributed by atoms with Crippen LogP contribution in [0, 0.1) is 5.41 Å². The average molecular weight is 560 g/mol. The molecular formula is C25H33N7O4S2. The van der Waals surface area contributed by atoms with E-state index >= 15 is 0 Å². The van der Waals surface area contributed by atoms with Crippen molar-refractivity contribution in [3.63, 3.8) is 0 Å². The lowest BCUT2D eigenvalue weighted by atomic mass is 9.81. The number of anilines is 1. The van der Waals surface area contributed by atoms with E-state index in [-0.39, 0.29) is 16.2 Å². The second kappa shape index (κ2) is 11.3. The molecule has 0 saturated heterocycles. The molecule has 0 aliphatic heterocycles. The third kappa shape index (κ3) is 6.83. The normalized spacial score (nSPS) is 14.8. The van der Waals surface area contributed by atoms with Crippen LogP contribution in [-0.2, 0) is 10.0 Å². The van der Waals surface area contributed by atoms with E-state index in [0.717, 1.165) is 0 Å². The highest BCUT2D eigenvalue weighted by Crippen LogP contribution is 2.36. The predicted molar refractivity (Wildman–Crippen MR) is 147 cm³/mol. The molecule has 2 N–H and O–H groups in total. The number of sulfonamides is 1. The quantitative estimate of drug-likeness (QED) is 0.342. The van der Waals surface area contributed by atoms with E-state index < -0.39 is 21.5 Å². The van der Waals surface area contributed by atoms with Crippen molar-refractivity contribution in [2.45, 2.75) is 44.9 Å². The van der Waals surface area contributed by atoms with Crippen molar-refractivity contribution in [3.05, 3.63) is 47.6 Å². The summed E-state index contributed by atoms with van der Waals surface area (Å²) in [6.45, 7) is 7.03. The number of nitrogens with one attached hydrogen (secondary N) is 2. The molecule has 3 heterocycles. The first kappa shape index (κ1) is 27.9. The van der Waals surface area contributed by atoms with Crippen LogP contribution >= 0.6 is 11.3 Å². The van der Waals surface area contributed by atoms with Gasteiger partial charge < -0.3 is 15.0 Å². The van der Waals surface area contributed by atoms with Crippen LogP contribution in [0.15, 0.2) is 36.9 Å². The van der Waals surface area contributed by atoms with E-state index in [1.54, 1.807) is 30.7 Å². The third-order valence-electron chi connectivity index (χ3n) is 5.94. The lowest BCUT2D eigenvalue weighted by Gasteiger charge is -2.36. The Balaban J connectivity index is 1.59. The summed E-state index contributed by atoms with van der Waals surface area (Å²) in [4.78, 5) is 33.5. The highest BCUT2D eigenvalue weighted by molar-refractivity contribution is 7.93. The van der Waals surface area contributed by atoms with Crippen molar-refractivity contribution in [3.8, 4) is 16.5 Å². The highest BCUT2D eigenvalue weighted by Gasteiger charge is 2.37. The van der Waals surface area contributed by atoms with Gasteiger partial charge in [-0.05, 0) is 46.0 Å². The van der Waals surface area contributed by atoms with Crippen LogP contribution in [0.2, 0.25) is 0 Å². The van der Waals surface area contributed by atoms with Crippen LogP contribution in [0.3, 0.4) is 0 Å². The number of carbonyl (C=O) groups excluding carboxylic acids is 1. The van der Waals surface area contributed by atoms with Crippen molar-refractivity contribution >= 4 is 33.0 Å². The first-order valence-corrected chi connectivity index (χ1v) is 14.7. The molecule has 3 aromatic rings. The molecule has 3 aromatic heterocycles. The maximum Gasteiger partial charge on any atom is 0.280 e. The van der Waals surface area contributed by atoms with E-state index in [1.165, 1.54) is 17.5 Å². The van der Waals surface area contributed by atoms with Gasteiger partial charge in [-0.15, -0.1) is 11.3 Å². The van der Waals surface area contributed by atoms with Crippen LogP contribution in [0.25, 0.3) is 10.6 Å². The zero-order valence-electron chi connectivity index (χ0n) is 22.1. The first-order valence-electron chi connectivity index (χ1n) is 12.3. The lowest BCUT2D eigenvalue weighted by Crippen LogP contribution is -2.43. The molecule has 1 fully saturated rings. The number of hydrogen-bond donors (Lipinski definition) is 2. The largest absolute Gasteiger partial charge is 0.477 e. The van der Waals surface area contributed by atoms with Crippen molar-refractivity contribution < 1.29 is 17.9 Å². The fraction of sp³-hybridized carbons (Fsp3) is 0.480. The zero-order chi connectivity index (χ0) is 27.5. The molecule has 0 aromatic carbocycles. The van der Waals surface area contributed by atoms with E-state index in [2.05, 4.69) is 30.0 Å². The summed E-state index contributed by atoms with van der Waals surface area (Å²) in [5.74, 6) is 0.0379. The molecule has 4 rings (SSSR count). The Morgan fingerprint density at radius 3 is 2.68 bits per heavy atom. The van der Waals surface area contributed by atoms with Crippen molar-refractivity contribution in [1.29, 1.82) is 0 Å². The molecule has 1 saturated carbocycles. The molecular weight excluding hydrogens is 526 g/mol. The Labute approximate surface area is 227 Å². The number of nitrogens with zero attached hydrogens (tertiary/aromatic N) is 5. The van der Waals surface area contributed by atoms with Gasteiger partial charge in [-0.3, -0.25) is 19.5 Å². The van der Waals surface area contributed by atoms with Crippen LogP contribution < -0.4 is 14.8 Å². The maximum absolute atomic E-state index is 13.4. The maximum atomic E-state index is 13.4. The molecule has 1 amide bonds. The number of aromatic nitrogens is 4. The number of ether oxygens (including phenoxy) is 1. The van der Waals surface area contributed by atoms with Gasteiger partial charge in [0.25, 0.3) is 5.91 Å². The van der Waals surface area contributed by atoms with Crippen molar-refractivity contribution in [2.24, 2.45) is 5.41 Å². The molecule has 1 atom stereocenters. The van der Waals surface area contributed by atoms with Crippen LogP contribution in [0.4, 0.5) is 5.69 Å². The number of rotatable bonds is 12. The van der Waals surface area contributed by atoms with Crippen LogP contribution in [0.1, 0.15) is 55.2 Å². The predicted octanol–water partition coefficient (Wildman–Crippen LogP) is 3.36. The summed E-state index contributed by atoms with van der Waals surface area (Å²) in [6, 6.07) is 2.77. The number of hydrogen-bond acceptors (Lipinski definition) is 10. The van der Waals surface area contributed by atoms with Gasteiger partial charge in [-0.25, -0.2) is 18.4 Å². The molecule has 13 heteroatoms. The standard InChI is InChI=1S/C25H33N7O4S2/c1-6-36-21-14-26-12-19(29-21)20-13-28-24(37-20)23(33)30-22(25(2,3)15-32(4)5)18-11-16(9-10-27-18)31-38(34,35)17-7-8-17/h9-14,17,22H,6-8,15H2,1-5H3,(H,27,31)(H,30,33)/t22-/m1/s1. The molecule has 1 aliphatic rings. The molecule has 38 heavy (non-hydrogen) atoms. The minimum atomic E-state index is -3.44. The van der Waals surface area contributed by atoms with Gasteiger partial charge >= 0.3 is 0 Å². The topological polar surface area (TPSA) is 139 Å². The average Bonchev–Trinajstić information content (AvgIpc) is 3.60. The monoisotopic (exact) mass is 559 g/mol. The minimum Gasteiger partial charge on any atom is -0.477 e. The Bertz CT molecular complexity index is 1390. The summed E-state index contributed by atoms with van der Waals surface area (Å²) in [5, 5.41) is 3.01. The Morgan fingerprint density at radius 1 is 1.24 bits per heavy atom. The van der Waals surface area contributed by atoms with Gasteiger partial charge in [-0.2, -0.15) is 0 Å². The molecule has 0 spiro atoms. The Hall–Kier alpha value is -3.16. The smallest absolute Gasteiger partial charge is 0.280 e. The van der Waals surface area contributed by atoms with E-state index in [4.69, 9.17) is 4.74 Å². The fourth-order valence-electron chi connectivity index (χ4n) is 4.25. The Morgan fingerprint density at radius 2 is 2.00 bits per heavy atom. The second-order valence-electron chi connectivity index (χ2n) is 10.2. The van der Waals surface area contributed by atoms with Gasteiger partial charge in [0.05, 0.1) is 46.6 Å². The SMILES string of the molecule is CCOc1cncc(-c2cnc(C(=O)N[C@H](c3cc(NS(=O)(=O)C4CC4)ccn3)C(C)(C)CN(C)C)s2)n1. The van der Waals surface area contributed by atoms with Gasteiger partial charge in [0.15, 0.2) is 5.01 Å². The molecule has 0 bridgehead atoms. The summed E-state index contributed by atoms with van der Waals surface area (Å²) in [7, 11) is 0.479. The van der Waals surface area contributed by atoms with Gasteiger partial charge in [0.1, 0.15) is 5.69 Å². The summed E-state index contributed by atoms with van der Waals surface area (Å²) in [5.41, 5.74) is 1.08. The molecule has 11 nitrogen and oxygen atoms in total. The summed E-state index contributed by atoms with van der Waals surface area (Å²) < 4.78 is 33.1. The van der Waals surface area contributed by atoms with Gasteiger partial charge in [0.2, 0.25) is 15.9 Å². The summed E-state index contributed by atoms with van der Waals surface area (Å²) in [6.07, 6.45) is 7.60. The lowest BCUT2D eigenvalue weighted by molar-refractivity contribution is 0.0868. The van der Waals surface area contributed by atoms with Crippen molar-refractivity contribution in [2.75, 3.05) is 32.0 Å². The molecule has 1 aliphatic carbocycles. The fourth-order valence-corrected chi connectivity index (χ4v) is 6.40. The first-order chi connectivity index (χ1) is 18.0. The molecule has 0 radical (unpaired) electrons. The van der Waals surface area contributed by atoms with E-state index in [9.17, 15) is 13.2 Å². The number of carbonyl (C=O) groups is 1. The highest BCUT2D eigenvalue weighted by atomic mass is 32.2.